The second-order valence-electron chi connectivity index (χ2n) is 4.26. The van der Waals surface area contributed by atoms with E-state index in [2.05, 4.69) is 15.9 Å². The summed E-state index contributed by atoms with van der Waals surface area (Å²) in [5.41, 5.74) is 9.10. The van der Waals surface area contributed by atoms with Crippen molar-refractivity contribution < 1.29 is 4.79 Å². The number of hydrogen-bond donors (Lipinski definition) is 1. The molecule has 0 fully saturated rings. The first kappa shape index (κ1) is 12.8. The Morgan fingerprint density at radius 3 is 2.61 bits per heavy atom. The van der Waals surface area contributed by atoms with E-state index in [1.165, 1.54) is 0 Å². The van der Waals surface area contributed by atoms with Crippen LogP contribution in [0.4, 0.5) is 5.69 Å². The Kier molecular flexibility index (Phi) is 3.82. The summed E-state index contributed by atoms with van der Waals surface area (Å²) in [6.07, 6.45) is 0.394. The van der Waals surface area contributed by atoms with Crippen molar-refractivity contribution in [2.24, 2.45) is 0 Å². The van der Waals surface area contributed by atoms with Crippen LogP contribution >= 0.6 is 15.9 Å². The lowest BCUT2D eigenvalue weighted by Crippen LogP contribution is -2.05. The zero-order valence-corrected chi connectivity index (χ0v) is 11.7. The molecule has 2 nitrogen and oxygen atoms in total. The van der Waals surface area contributed by atoms with Crippen molar-refractivity contribution in [3.05, 3.63) is 63.6 Å². The summed E-state index contributed by atoms with van der Waals surface area (Å²) in [5.74, 6) is 0.102. The molecule has 2 N–H and O–H groups in total. The first-order chi connectivity index (χ1) is 8.58. The van der Waals surface area contributed by atoms with Gasteiger partial charge in [0.1, 0.15) is 0 Å². The smallest absolute Gasteiger partial charge is 0.167 e. The summed E-state index contributed by atoms with van der Waals surface area (Å²) in [6.45, 7) is 1.91. The standard InChI is InChI=1S/C15H14BrNO/c1-10-8-12(6-7-14(10)17)15(18)9-11-4-2-3-5-13(11)16/h2-8H,9,17H2,1H3. The van der Waals surface area contributed by atoms with Crippen molar-refractivity contribution >= 4 is 27.4 Å². The lowest BCUT2D eigenvalue weighted by Gasteiger charge is -2.06. The largest absolute Gasteiger partial charge is 0.399 e. The van der Waals surface area contributed by atoms with Gasteiger partial charge < -0.3 is 5.73 Å². The van der Waals surface area contributed by atoms with Crippen LogP contribution < -0.4 is 5.73 Å². The van der Waals surface area contributed by atoms with E-state index < -0.39 is 0 Å². The van der Waals surface area contributed by atoms with Crippen molar-refractivity contribution in [3.63, 3.8) is 0 Å². The van der Waals surface area contributed by atoms with Crippen molar-refractivity contribution in [3.8, 4) is 0 Å². The molecule has 2 aromatic rings. The molecule has 0 bridgehead atoms. The van der Waals surface area contributed by atoms with E-state index >= 15 is 0 Å². The minimum Gasteiger partial charge on any atom is -0.399 e. The summed E-state index contributed by atoms with van der Waals surface area (Å²) >= 11 is 3.45. The summed E-state index contributed by atoms with van der Waals surface area (Å²) in [4.78, 5) is 12.2. The molecule has 0 heterocycles. The molecule has 0 spiro atoms. The highest BCUT2D eigenvalue weighted by Gasteiger charge is 2.09. The van der Waals surface area contributed by atoms with Crippen molar-refractivity contribution in [1.29, 1.82) is 0 Å². The fourth-order valence-corrected chi connectivity index (χ4v) is 2.19. The van der Waals surface area contributed by atoms with Crippen LogP contribution in [0.5, 0.6) is 0 Å². The third-order valence-corrected chi connectivity index (χ3v) is 3.67. The second kappa shape index (κ2) is 5.36. The number of Topliss-reactive ketones (excluding diaryl/α,β-unsaturated/α-hetero) is 1. The Balaban J connectivity index is 2.22. The normalized spacial score (nSPS) is 10.3. The maximum Gasteiger partial charge on any atom is 0.167 e. The van der Waals surface area contributed by atoms with Crippen molar-refractivity contribution in [2.45, 2.75) is 13.3 Å². The molecule has 92 valence electrons. The van der Waals surface area contributed by atoms with Crippen LogP contribution in [0.15, 0.2) is 46.9 Å². The minimum atomic E-state index is 0.102. The van der Waals surface area contributed by atoms with Gasteiger partial charge in [0.05, 0.1) is 0 Å². The number of rotatable bonds is 3. The van der Waals surface area contributed by atoms with Crippen LogP contribution in [0.25, 0.3) is 0 Å². The van der Waals surface area contributed by atoms with E-state index in [4.69, 9.17) is 5.73 Å². The van der Waals surface area contributed by atoms with Crippen LogP contribution in [-0.2, 0) is 6.42 Å². The number of nitrogen functional groups attached to an aromatic ring is 1. The van der Waals surface area contributed by atoms with Crippen LogP contribution in [-0.4, -0.2) is 5.78 Å². The molecule has 0 saturated heterocycles. The number of hydrogen-bond acceptors (Lipinski definition) is 2. The number of anilines is 1. The highest BCUT2D eigenvalue weighted by Crippen LogP contribution is 2.19. The van der Waals surface area contributed by atoms with E-state index in [-0.39, 0.29) is 5.78 Å². The zero-order valence-electron chi connectivity index (χ0n) is 10.1. The Hall–Kier alpha value is -1.61. The van der Waals surface area contributed by atoms with Gasteiger partial charge >= 0.3 is 0 Å². The Morgan fingerprint density at radius 2 is 1.94 bits per heavy atom. The molecular weight excluding hydrogens is 290 g/mol. The predicted molar refractivity (Wildman–Crippen MR) is 77.8 cm³/mol. The van der Waals surface area contributed by atoms with Crippen molar-refractivity contribution in [1.82, 2.24) is 0 Å². The number of ketones is 1. The average molecular weight is 304 g/mol. The highest BCUT2D eigenvalue weighted by molar-refractivity contribution is 9.10. The number of carbonyl (C=O) groups excluding carboxylic acids is 1. The number of aryl methyl sites for hydroxylation is 1. The molecule has 0 aliphatic heterocycles. The molecular formula is C15H14BrNO. The lowest BCUT2D eigenvalue weighted by atomic mass is 10.0. The molecule has 0 unspecified atom stereocenters. The van der Waals surface area contributed by atoms with E-state index in [9.17, 15) is 4.79 Å². The van der Waals surface area contributed by atoms with Crippen LogP contribution in [0.1, 0.15) is 21.5 Å². The minimum absolute atomic E-state index is 0.102. The first-order valence-electron chi connectivity index (χ1n) is 5.70. The topological polar surface area (TPSA) is 43.1 Å². The average Bonchev–Trinajstić information content (AvgIpc) is 2.35. The maximum absolute atomic E-state index is 12.2. The van der Waals surface area contributed by atoms with Gasteiger partial charge in [0.25, 0.3) is 0 Å². The third-order valence-electron chi connectivity index (χ3n) is 2.90. The van der Waals surface area contributed by atoms with Gasteiger partial charge in [-0.1, -0.05) is 34.1 Å². The molecule has 0 aliphatic carbocycles. The van der Waals surface area contributed by atoms with Gasteiger partial charge in [0, 0.05) is 22.1 Å². The van der Waals surface area contributed by atoms with Crippen LogP contribution in [0.2, 0.25) is 0 Å². The van der Waals surface area contributed by atoms with Gasteiger partial charge in [0.15, 0.2) is 5.78 Å². The monoisotopic (exact) mass is 303 g/mol. The number of carbonyl (C=O) groups is 1. The molecule has 0 amide bonds. The summed E-state index contributed by atoms with van der Waals surface area (Å²) in [6, 6.07) is 13.2. The molecule has 2 rings (SSSR count). The Morgan fingerprint density at radius 1 is 1.22 bits per heavy atom. The van der Waals surface area contributed by atoms with Gasteiger partial charge in [-0.05, 0) is 42.3 Å². The highest BCUT2D eigenvalue weighted by atomic mass is 79.9. The third kappa shape index (κ3) is 2.79. The van der Waals surface area contributed by atoms with Crippen LogP contribution in [0, 0.1) is 6.92 Å². The van der Waals surface area contributed by atoms with Crippen LogP contribution in [0.3, 0.4) is 0 Å². The van der Waals surface area contributed by atoms with Crippen molar-refractivity contribution in [2.75, 3.05) is 5.73 Å². The number of benzene rings is 2. The van der Waals surface area contributed by atoms with Gasteiger partial charge in [-0.25, -0.2) is 0 Å². The van der Waals surface area contributed by atoms with E-state index in [0.29, 0.717) is 17.7 Å². The Bertz CT molecular complexity index is 593. The molecule has 0 radical (unpaired) electrons. The number of nitrogens with two attached hydrogens (primary N) is 1. The Labute approximate surface area is 115 Å². The van der Waals surface area contributed by atoms with Gasteiger partial charge in [-0.15, -0.1) is 0 Å². The molecule has 0 aromatic heterocycles. The fourth-order valence-electron chi connectivity index (χ4n) is 1.77. The molecule has 3 heteroatoms. The van der Waals surface area contributed by atoms with E-state index in [1.54, 1.807) is 12.1 Å². The summed E-state index contributed by atoms with van der Waals surface area (Å²) < 4.78 is 0.963. The zero-order chi connectivity index (χ0) is 13.1. The maximum atomic E-state index is 12.2. The quantitative estimate of drug-likeness (QED) is 0.693. The second-order valence-corrected chi connectivity index (χ2v) is 5.12. The molecule has 0 atom stereocenters. The van der Waals surface area contributed by atoms with E-state index in [1.807, 2.05) is 37.3 Å². The van der Waals surface area contributed by atoms with E-state index in [0.717, 1.165) is 15.6 Å². The first-order valence-corrected chi connectivity index (χ1v) is 6.50. The fraction of sp³-hybridized carbons (Fsp3) is 0.133. The molecule has 2 aromatic carbocycles. The summed E-state index contributed by atoms with van der Waals surface area (Å²) in [5, 5.41) is 0. The van der Waals surface area contributed by atoms with Gasteiger partial charge in [-0.3, -0.25) is 4.79 Å². The predicted octanol–water partition coefficient (Wildman–Crippen LogP) is 3.77. The molecule has 0 saturated carbocycles. The van der Waals surface area contributed by atoms with Gasteiger partial charge in [0.2, 0.25) is 0 Å². The van der Waals surface area contributed by atoms with Gasteiger partial charge in [-0.2, -0.15) is 0 Å². The summed E-state index contributed by atoms with van der Waals surface area (Å²) in [7, 11) is 0. The lowest BCUT2D eigenvalue weighted by molar-refractivity contribution is 0.0993. The SMILES string of the molecule is Cc1cc(C(=O)Cc2ccccc2Br)ccc1N. The molecule has 0 aliphatic rings. The number of halogens is 1. The molecule has 18 heavy (non-hydrogen) atoms.